The maximum atomic E-state index is 14.2. The van der Waals surface area contributed by atoms with Gasteiger partial charge in [-0.25, -0.2) is 0 Å². The molecule has 2 atom stereocenters. The van der Waals surface area contributed by atoms with Gasteiger partial charge in [0, 0.05) is 36.0 Å². The van der Waals surface area contributed by atoms with E-state index in [2.05, 4.69) is 12.1 Å². The van der Waals surface area contributed by atoms with E-state index >= 15 is 0 Å². The number of hydrogen-bond acceptors (Lipinski definition) is 3. The second-order valence-electron chi connectivity index (χ2n) is 8.64. The molecule has 0 fully saturated rings. The summed E-state index contributed by atoms with van der Waals surface area (Å²) < 4.78 is 33.9. The minimum absolute atomic E-state index is 0.268. The van der Waals surface area contributed by atoms with Crippen molar-refractivity contribution in [2.45, 2.75) is 6.16 Å². The van der Waals surface area contributed by atoms with Crippen molar-refractivity contribution >= 4 is 19.8 Å². The number of hydrogen-bond donors (Lipinski definition) is 0. The van der Waals surface area contributed by atoms with Crippen LogP contribution in [-0.2, 0) is 15.3 Å². The molecule has 5 heteroatoms. The number of benzene rings is 4. The van der Waals surface area contributed by atoms with Gasteiger partial charge in [-0.05, 0) is 28.3 Å². The molecule has 0 saturated heterocycles. The van der Waals surface area contributed by atoms with E-state index in [1.54, 1.807) is 6.66 Å². The average Bonchev–Trinajstić information content (AvgIpc) is 2.84. The Labute approximate surface area is 195 Å². The standard InChI is InChI=1S/C28H26O3P2/c1-32(29,31-27-17-9-7-15-25(27)22-11-3-2-4-12-22)19-20-33(30)21-23-13-5-6-14-24(23)26-16-8-10-18-28(26)33/h2-18H,19-21H2,1H3/t32-,33+/m0/s1. The Kier molecular flexibility index (Phi) is 5.87. The Hall–Kier alpha value is -2.86. The molecule has 5 rings (SSSR count). The monoisotopic (exact) mass is 472 g/mol. The van der Waals surface area contributed by atoms with Crippen LogP contribution < -0.4 is 9.83 Å². The molecule has 1 aliphatic rings. The zero-order chi connectivity index (χ0) is 22.9. The number of para-hydroxylation sites is 1. The third-order valence-electron chi connectivity index (χ3n) is 6.21. The van der Waals surface area contributed by atoms with Gasteiger partial charge < -0.3 is 9.09 Å². The highest BCUT2D eigenvalue weighted by Gasteiger charge is 2.35. The van der Waals surface area contributed by atoms with Crippen molar-refractivity contribution in [1.29, 1.82) is 0 Å². The molecule has 4 aromatic carbocycles. The zero-order valence-electron chi connectivity index (χ0n) is 18.6. The van der Waals surface area contributed by atoms with Crippen molar-refractivity contribution in [3.63, 3.8) is 0 Å². The highest BCUT2D eigenvalue weighted by atomic mass is 31.2. The summed E-state index contributed by atoms with van der Waals surface area (Å²) in [6, 6.07) is 33.7. The molecule has 166 valence electrons. The van der Waals surface area contributed by atoms with Crippen LogP contribution in [0, 0.1) is 0 Å². The third-order valence-corrected chi connectivity index (χ3v) is 11.2. The molecule has 0 N–H and O–H groups in total. The van der Waals surface area contributed by atoms with Crippen molar-refractivity contribution in [3.8, 4) is 28.0 Å². The summed E-state index contributed by atoms with van der Waals surface area (Å²) in [6.07, 6.45) is 1.13. The Morgan fingerprint density at radius 1 is 0.758 bits per heavy atom. The smallest absolute Gasteiger partial charge is 0.245 e. The molecular formula is C28H26O3P2. The fraction of sp³-hybridized carbons (Fsp3) is 0.143. The SMILES string of the molecule is C[P@@](=O)(CC[P@@]1(=O)Cc2ccccc2-c2ccccc21)Oc1ccccc1-c1ccccc1. The largest absolute Gasteiger partial charge is 0.442 e. The lowest BCUT2D eigenvalue weighted by molar-refractivity contribution is 0.489. The van der Waals surface area contributed by atoms with Gasteiger partial charge in [0.05, 0.1) is 0 Å². The first-order chi connectivity index (χ1) is 16.0. The maximum Gasteiger partial charge on any atom is 0.245 e. The van der Waals surface area contributed by atoms with E-state index in [4.69, 9.17) is 4.52 Å². The first-order valence-electron chi connectivity index (χ1n) is 11.1. The zero-order valence-corrected chi connectivity index (χ0v) is 20.3. The van der Waals surface area contributed by atoms with E-state index in [-0.39, 0.29) is 6.16 Å². The van der Waals surface area contributed by atoms with Gasteiger partial charge in [-0.3, -0.25) is 4.57 Å². The highest BCUT2D eigenvalue weighted by Crippen LogP contribution is 2.57. The van der Waals surface area contributed by atoms with Crippen LogP contribution in [0.5, 0.6) is 5.75 Å². The van der Waals surface area contributed by atoms with Crippen LogP contribution in [0.4, 0.5) is 0 Å². The minimum Gasteiger partial charge on any atom is -0.442 e. The fourth-order valence-corrected chi connectivity index (χ4v) is 10.3. The molecule has 33 heavy (non-hydrogen) atoms. The minimum atomic E-state index is -3.04. The Morgan fingerprint density at radius 2 is 1.36 bits per heavy atom. The van der Waals surface area contributed by atoms with Crippen molar-refractivity contribution in [2.75, 3.05) is 19.0 Å². The lowest BCUT2D eigenvalue weighted by Gasteiger charge is -2.29. The Bertz CT molecular complexity index is 1400. The quantitative estimate of drug-likeness (QED) is 0.273. The van der Waals surface area contributed by atoms with Gasteiger partial charge in [-0.1, -0.05) is 97.1 Å². The lowest BCUT2D eigenvalue weighted by atomic mass is 10.0. The molecule has 0 radical (unpaired) electrons. The van der Waals surface area contributed by atoms with E-state index < -0.39 is 14.5 Å². The lowest BCUT2D eigenvalue weighted by Crippen LogP contribution is -2.19. The van der Waals surface area contributed by atoms with Gasteiger partial charge in [-0.15, -0.1) is 0 Å². The molecule has 0 spiro atoms. The number of fused-ring (bicyclic) bond motifs is 3. The van der Waals surface area contributed by atoms with Gasteiger partial charge in [0.25, 0.3) is 0 Å². The summed E-state index contributed by atoms with van der Waals surface area (Å²) in [5.41, 5.74) is 5.19. The van der Waals surface area contributed by atoms with Crippen molar-refractivity contribution in [1.82, 2.24) is 0 Å². The van der Waals surface area contributed by atoms with Gasteiger partial charge in [0.1, 0.15) is 12.9 Å². The van der Waals surface area contributed by atoms with Crippen LogP contribution in [0.15, 0.2) is 103 Å². The average molecular weight is 472 g/mol. The summed E-state index contributed by atoms with van der Waals surface area (Å²) in [5, 5.41) is 0.897. The predicted octanol–water partition coefficient (Wildman–Crippen LogP) is 7.51. The van der Waals surface area contributed by atoms with E-state index in [9.17, 15) is 9.13 Å². The Balaban J connectivity index is 1.40. The van der Waals surface area contributed by atoms with Crippen LogP contribution >= 0.6 is 14.5 Å². The van der Waals surface area contributed by atoms with Crippen molar-refractivity contribution in [2.24, 2.45) is 0 Å². The highest BCUT2D eigenvalue weighted by molar-refractivity contribution is 7.72. The summed E-state index contributed by atoms with van der Waals surface area (Å²) in [5.74, 6) is 0.599. The second-order valence-corrected chi connectivity index (χ2v) is 14.3. The van der Waals surface area contributed by atoms with Crippen LogP contribution in [0.3, 0.4) is 0 Å². The molecule has 0 saturated carbocycles. The van der Waals surface area contributed by atoms with Crippen molar-refractivity contribution < 1.29 is 13.7 Å². The molecule has 3 nitrogen and oxygen atoms in total. The molecule has 4 aromatic rings. The van der Waals surface area contributed by atoms with Crippen LogP contribution in [-0.4, -0.2) is 19.0 Å². The van der Waals surface area contributed by atoms with Crippen LogP contribution in [0.2, 0.25) is 0 Å². The van der Waals surface area contributed by atoms with E-state index in [0.29, 0.717) is 18.1 Å². The summed E-state index contributed by atoms with van der Waals surface area (Å²) >= 11 is 0. The molecule has 1 heterocycles. The third kappa shape index (κ3) is 4.49. The van der Waals surface area contributed by atoms with Gasteiger partial charge in [-0.2, -0.15) is 0 Å². The van der Waals surface area contributed by atoms with E-state index in [0.717, 1.165) is 33.1 Å². The van der Waals surface area contributed by atoms with E-state index in [1.165, 1.54) is 0 Å². The van der Waals surface area contributed by atoms with Crippen LogP contribution in [0.1, 0.15) is 5.56 Å². The maximum absolute atomic E-state index is 14.2. The molecule has 0 aliphatic carbocycles. The predicted molar refractivity (Wildman–Crippen MR) is 139 cm³/mol. The second kappa shape index (κ2) is 8.82. The molecule has 0 bridgehead atoms. The molecule has 0 aromatic heterocycles. The van der Waals surface area contributed by atoms with Gasteiger partial charge in [0.2, 0.25) is 7.37 Å². The number of rotatable bonds is 6. The van der Waals surface area contributed by atoms with Crippen molar-refractivity contribution in [3.05, 3.63) is 109 Å². The topological polar surface area (TPSA) is 43.4 Å². The normalized spacial score (nSPS) is 18.6. The van der Waals surface area contributed by atoms with Gasteiger partial charge >= 0.3 is 0 Å². The van der Waals surface area contributed by atoms with Crippen LogP contribution in [0.25, 0.3) is 22.3 Å². The fourth-order valence-electron chi connectivity index (χ4n) is 4.54. The Morgan fingerprint density at radius 3 is 2.15 bits per heavy atom. The first-order valence-corrected chi connectivity index (χ1v) is 15.5. The first kappa shape index (κ1) is 22.0. The molecule has 1 aliphatic heterocycles. The molecule has 0 unspecified atom stereocenters. The summed E-state index contributed by atoms with van der Waals surface area (Å²) in [4.78, 5) is 0. The summed E-state index contributed by atoms with van der Waals surface area (Å²) in [6.45, 7) is 1.66. The van der Waals surface area contributed by atoms with E-state index in [1.807, 2.05) is 91.0 Å². The summed E-state index contributed by atoms with van der Waals surface area (Å²) in [7, 11) is -5.80. The molecule has 0 amide bonds. The van der Waals surface area contributed by atoms with Gasteiger partial charge in [0.15, 0.2) is 0 Å². The molecular weight excluding hydrogens is 446 g/mol.